The Labute approximate surface area is 200 Å². The summed E-state index contributed by atoms with van der Waals surface area (Å²) in [6, 6.07) is 19.5. The maximum absolute atomic E-state index is 14.7. The maximum Gasteiger partial charge on any atom is 0.258 e. The largest absolute Gasteiger partial charge is 0.321 e. The summed E-state index contributed by atoms with van der Waals surface area (Å²) in [5.74, 6) is -0.542. The summed E-state index contributed by atoms with van der Waals surface area (Å²) in [5, 5.41) is 5.52. The molecule has 0 aliphatic carbocycles. The summed E-state index contributed by atoms with van der Waals surface area (Å²) in [6.07, 6.45) is 1.04. The van der Waals surface area contributed by atoms with E-state index in [0.717, 1.165) is 16.2 Å². The summed E-state index contributed by atoms with van der Waals surface area (Å²) in [5.41, 5.74) is 2.17. The van der Waals surface area contributed by atoms with E-state index in [2.05, 4.69) is 10.1 Å². The number of fused-ring (bicyclic) bond motifs is 1. The average molecular weight is 496 g/mol. The number of hydrogen-bond acceptors (Lipinski definition) is 4. The third kappa shape index (κ3) is 3.89. The van der Waals surface area contributed by atoms with Crippen LogP contribution in [0.4, 0.5) is 4.39 Å². The van der Waals surface area contributed by atoms with Crippen LogP contribution in [-0.4, -0.2) is 29.8 Å². The van der Waals surface area contributed by atoms with E-state index in [1.165, 1.54) is 18.2 Å². The van der Waals surface area contributed by atoms with Gasteiger partial charge in [-0.05, 0) is 29.8 Å². The van der Waals surface area contributed by atoms with Crippen LogP contribution in [0.15, 0.2) is 82.7 Å². The second kappa shape index (κ2) is 8.38. The Morgan fingerprint density at radius 2 is 1.74 bits per heavy atom. The van der Waals surface area contributed by atoms with Crippen molar-refractivity contribution in [3.05, 3.63) is 105 Å². The van der Waals surface area contributed by atoms with Gasteiger partial charge in [-0.1, -0.05) is 60.1 Å². The fourth-order valence-electron chi connectivity index (χ4n) is 4.37. The molecule has 1 N–H and O–H groups in total. The number of hydrogen-bond donors (Lipinski definition) is 1. The van der Waals surface area contributed by atoms with Crippen molar-refractivity contribution < 1.29 is 12.8 Å². The molecule has 2 heterocycles. The van der Waals surface area contributed by atoms with Crippen LogP contribution >= 0.6 is 11.6 Å². The molecule has 0 spiro atoms. The Hall–Kier alpha value is -3.49. The van der Waals surface area contributed by atoms with E-state index in [1.807, 2.05) is 30.3 Å². The summed E-state index contributed by atoms with van der Waals surface area (Å²) < 4.78 is 40.7. The fourth-order valence-corrected chi connectivity index (χ4v) is 5.44. The SMILES string of the molecule is CS(=O)(=O)N1N=C(c2c(-c3ccccc3)c3cc(Cl)ccc3[nH]c2=O)CC1c1ccccc1F. The minimum atomic E-state index is -3.85. The molecule has 1 aliphatic heterocycles. The lowest BCUT2D eigenvalue weighted by Crippen LogP contribution is -2.26. The van der Waals surface area contributed by atoms with Crippen molar-refractivity contribution in [2.24, 2.45) is 5.10 Å². The smallest absolute Gasteiger partial charge is 0.258 e. The summed E-state index contributed by atoms with van der Waals surface area (Å²) in [4.78, 5) is 16.2. The highest BCUT2D eigenvalue weighted by Gasteiger charge is 2.37. The van der Waals surface area contributed by atoms with Gasteiger partial charge in [-0.15, -0.1) is 0 Å². The molecule has 3 aromatic carbocycles. The van der Waals surface area contributed by atoms with Crippen LogP contribution in [0.5, 0.6) is 0 Å². The van der Waals surface area contributed by atoms with E-state index in [1.54, 1.807) is 24.3 Å². The number of rotatable bonds is 4. The Morgan fingerprint density at radius 3 is 2.44 bits per heavy atom. The number of aromatic amines is 1. The van der Waals surface area contributed by atoms with Gasteiger partial charge < -0.3 is 4.98 Å². The molecular formula is C25H19ClFN3O3S. The van der Waals surface area contributed by atoms with Crippen molar-refractivity contribution in [2.45, 2.75) is 12.5 Å². The molecule has 4 aromatic rings. The third-order valence-corrected chi connectivity index (χ3v) is 7.05. The van der Waals surface area contributed by atoms with Gasteiger partial charge in [0.05, 0.1) is 23.6 Å². The minimum Gasteiger partial charge on any atom is -0.321 e. The average Bonchev–Trinajstić information content (AvgIpc) is 3.25. The number of aromatic nitrogens is 1. The van der Waals surface area contributed by atoms with Gasteiger partial charge in [0.1, 0.15) is 5.82 Å². The Morgan fingerprint density at radius 1 is 1.03 bits per heavy atom. The predicted molar refractivity (Wildman–Crippen MR) is 132 cm³/mol. The van der Waals surface area contributed by atoms with Gasteiger partial charge in [-0.25, -0.2) is 12.8 Å². The summed E-state index contributed by atoms with van der Waals surface area (Å²) in [7, 11) is -3.85. The summed E-state index contributed by atoms with van der Waals surface area (Å²) in [6.45, 7) is 0. The van der Waals surface area contributed by atoms with Crippen molar-refractivity contribution in [1.82, 2.24) is 9.40 Å². The monoisotopic (exact) mass is 495 g/mol. The third-order valence-electron chi connectivity index (χ3n) is 5.80. The molecule has 0 radical (unpaired) electrons. The molecule has 5 rings (SSSR count). The highest BCUT2D eigenvalue weighted by atomic mass is 35.5. The number of nitrogens with zero attached hydrogens (tertiary/aromatic N) is 2. The van der Waals surface area contributed by atoms with E-state index < -0.39 is 27.4 Å². The molecule has 0 saturated heterocycles. The first-order chi connectivity index (χ1) is 16.2. The van der Waals surface area contributed by atoms with E-state index in [9.17, 15) is 17.6 Å². The fraction of sp³-hybridized carbons (Fsp3) is 0.120. The highest BCUT2D eigenvalue weighted by Crippen LogP contribution is 2.38. The zero-order chi connectivity index (χ0) is 24.0. The second-order valence-corrected chi connectivity index (χ2v) is 10.4. The van der Waals surface area contributed by atoms with Crippen LogP contribution < -0.4 is 5.56 Å². The molecule has 1 aromatic heterocycles. The standard InChI is InChI=1S/C25H19ClFN3O3S/c1-34(32,33)30-22(17-9-5-6-10-19(17)27)14-21(29-30)24-23(15-7-3-2-4-8-15)18-13-16(26)11-12-20(18)28-25(24)31/h2-13,22H,14H2,1H3,(H,28,31). The van der Waals surface area contributed by atoms with Crippen molar-refractivity contribution in [1.29, 1.82) is 0 Å². The Kier molecular flexibility index (Phi) is 5.50. The molecule has 6 nitrogen and oxygen atoms in total. The first kappa shape index (κ1) is 22.3. The molecule has 1 atom stereocenters. The molecule has 9 heteroatoms. The van der Waals surface area contributed by atoms with Gasteiger partial charge >= 0.3 is 0 Å². The first-order valence-electron chi connectivity index (χ1n) is 10.5. The van der Waals surface area contributed by atoms with Crippen LogP contribution in [0.2, 0.25) is 5.02 Å². The molecular weight excluding hydrogens is 477 g/mol. The normalized spacial score (nSPS) is 16.1. The Bertz CT molecular complexity index is 1620. The van der Waals surface area contributed by atoms with Crippen molar-refractivity contribution in [3.8, 4) is 11.1 Å². The number of nitrogens with one attached hydrogen (secondary N) is 1. The number of hydrazone groups is 1. The van der Waals surface area contributed by atoms with E-state index in [0.29, 0.717) is 21.5 Å². The van der Waals surface area contributed by atoms with Gasteiger partial charge in [0.2, 0.25) is 10.0 Å². The van der Waals surface area contributed by atoms with Gasteiger partial charge in [-0.2, -0.15) is 9.52 Å². The zero-order valence-corrected chi connectivity index (χ0v) is 19.6. The van der Waals surface area contributed by atoms with Gasteiger partial charge in [0, 0.05) is 33.5 Å². The van der Waals surface area contributed by atoms with Crippen molar-refractivity contribution >= 4 is 38.2 Å². The number of pyridine rings is 1. The van der Waals surface area contributed by atoms with Crippen LogP contribution in [-0.2, 0) is 10.0 Å². The zero-order valence-electron chi connectivity index (χ0n) is 18.0. The number of sulfonamides is 1. The number of benzene rings is 3. The van der Waals surface area contributed by atoms with Crippen molar-refractivity contribution in [2.75, 3.05) is 6.26 Å². The number of halogens is 2. The second-order valence-electron chi connectivity index (χ2n) is 8.08. The molecule has 34 heavy (non-hydrogen) atoms. The maximum atomic E-state index is 14.7. The van der Waals surface area contributed by atoms with Gasteiger partial charge in [-0.3, -0.25) is 4.79 Å². The minimum absolute atomic E-state index is 0.0307. The molecule has 1 unspecified atom stereocenters. The van der Waals surface area contributed by atoms with Crippen LogP contribution in [0.25, 0.3) is 22.0 Å². The lowest BCUT2D eigenvalue weighted by molar-refractivity contribution is 0.365. The molecule has 0 amide bonds. The molecule has 0 saturated carbocycles. The van der Waals surface area contributed by atoms with E-state index in [-0.39, 0.29) is 23.3 Å². The lowest BCUT2D eigenvalue weighted by atomic mass is 9.91. The van der Waals surface area contributed by atoms with Crippen LogP contribution in [0.3, 0.4) is 0 Å². The van der Waals surface area contributed by atoms with Gasteiger partial charge in [0.15, 0.2) is 0 Å². The predicted octanol–water partition coefficient (Wildman–Crippen LogP) is 5.10. The van der Waals surface area contributed by atoms with E-state index >= 15 is 0 Å². The number of H-pyrrole nitrogens is 1. The summed E-state index contributed by atoms with van der Waals surface area (Å²) >= 11 is 6.28. The quantitative estimate of drug-likeness (QED) is 0.427. The van der Waals surface area contributed by atoms with Crippen LogP contribution in [0, 0.1) is 5.82 Å². The first-order valence-corrected chi connectivity index (χ1v) is 12.7. The van der Waals surface area contributed by atoms with Gasteiger partial charge in [0.25, 0.3) is 5.56 Å². The van der Waals surface area contributed by atoms with Crippen molar-refractivity contribution in [3.63, 3.8) is 0 Å². The molecule has 0 bridgehead atoms. The van der Waals surface area contributed by atoms with Crippen LogP contribution in [0.1, 0.15) is 23.6 Å². The molecule has 172 valence electrons. The lowest BCUT2D eigenvalue weighted by Gasteiger charge is -2.21. The molecule has 0 fully saturated rings. The Balaban J connectivity index is 1.79. The molecule has 1 aliphatic rings. The van der Waals surface area contributed by atoms with E-state index in [4.69, 9.17) is 11.6 Å². The topological polar surface area (TPSA) is 82.6 Å². The highest BCUT2D eigenvalue weighted by molar-refractivity contribution is 7.88.